The van der Waals surface area contributed by atoms with Crippen molar-refractivity contribution in [2.24, 2.45) is 0 Å². The fraction of sp³-hybridized carbons (Fsp3) is 0.333. The lowest BCUT2D eigenvalue weighted by molar-refractivity contribution is 0.340. The molecular formula is C24H28N4O4S. The van der Waals surface area contributed by atoms with Crippen LogP contribution in [0, 0.1) is 6.92 Å². The second-order valence-electron chi connectivity index (χ2n) is 7.74. The number of nitrogens with zero attached hydrogens (tertiary/aromatic N) is 4. The van der Waals surface area contributed by atoms with E-state index in [4.69, 9.17) is 14.5 Å². The zero-order valence-electron chi connectivity index (χ0n) is 19.1. The maximum absolute atomic E-state index is 13.2. The Morgan fingerprint density at radius 1 is 1.00 bits per heavy atom. The standard InChI is InChI=1S/C24H28N4O4S/c1-4-32-20-8-6-19(7-9-20)21-11-12-25-24(26-21)27-13-15-28(16-14-27)33(29,30)23-10-5-18(2)17-22(23)31-3/h5-12,17H,4,13-16H2,1-3H3. The average Bonchev–Trinajstić information content (AvgIpc) is 2.84. The Kier molecular flexibility index (Phi) is 6.80. The first-order valence-corrected chi connectivity index (χ1v) is 12.3. The van der Waals surface area contributed by atoms with Gasteiger partial charge in [0.05, 0.1) is 19.4 Å². The van der Waals surface area contributed by atoms with Gasteiger partial charge in [-0.05, 0) is 61.9 Å². The van der Waals surface area contributed by atoms with E-state index in [-0.39, 0.29) is 4.90 Å². The van der Waals surface area contributed by atoms with Crippen LogP contribution >= 0.6 is 0 Å². The highest BCUT2D eigenvalue weighted by Gasteiger charge is 2.31. The number of aromatic nitrogens is 2. The van der Waals surface area contributed by atoms with Crippen molar-refractivity contribution in [2.45, 2.75) is 18.7 Å². The van der Waals surface area contributed by atoms with Crippen molar-refractivity contribution in [3.8, 4) is 22.8 Å². The molecule has 0 radical (unpaired) electrons. The van der Waals surface area contributed by atoms with Crippen LogP contribution in [-0.2, 0) is 10.0 Å². The molecule has 2 heterocycles. The lowest BCUT2D eigenvalue weighted by atomic mass is 10.1. The average molecular weight is 469 g/mol. The Balaban J connectivity index is 1.47. The summed E-state index contributed by atoms with van der Waals surface area (Å²) in [5.74, 6) is 1.77. The normalized spacial score (nSPS) is 14.8. The number of benzene rings is 2. The molecule has 4 rings (SSSR count). The lowest BCUT2D eigenvalue weighted by Crippen LogP contribution is -2.49. The quantitative estimate of drug-likeness (QED) is 0.526. The Morgan fingerprint density at radius 2 is 1.73 bits per heavy atom. The summed E-state index contributed by atoms with van der Waals surface area (Å²) in [6.07, 6.45) is 1.73. The molecule has 1 saturated heterocycles. The zero-order valence-corrected chi connectivity index (χ0v) is 19.9. The second-order valence-corrected chi connectivity index (χ2v) is 9.65. The molecular weight excluding hydrogens is 440 g/mol. The number of methoxy groups -OCH3 is 1. The van der Waals surface area contributed by atoms with E-state index in [2.05, 4.69) is 4.98 Å². The van der Waals surface area contributed by atoms with Gasteiger partial charge in [0.1, 0.15) is 16.4 Å². The van der Waals surface area contributed by atoms with Crippen molar-refractivity contribution in [3.63, 3.8) is 0 Å². The van der Waals surface area contributed by atoms with Crippen LogP contribution in [0.2, 0.25) is 0 Å². The molecule has 9 heteroatoms. The third kappa shape index (κ3) is 4.94. The Bertz CT molecular complexity index is 1210. The summed E-state index contributed by atoms with van der Waals surface area (Å²) in [6, 6.07) is 14.8. The van der Waals surface area contributed by atoms with E-state index in [1.54, 1.807) is 24.4 Å². The molecule has 0 aliphatic carbocycles. The molecule has 1 aliphatic rings. The fourth-order valence-electron chi connectivity index (χ4n) is 3.81. The third-order valence-electron chi connectivity index (χ3n) is 5.56. The van der Waals surface area contributed by atoms with Gasteiger partial charge < -0.3 is 14.4 Å². The van der Waals surface area contributed by atoms with Crippen molar-refractivity contribution < 1.29 is 17.9 Å². The van der Waals surface area contributed by atoms with Crippen molar-refractivity contribution in [1.82, 2.24) is 14.3 Å². The van der Waals surface area contributed by atoms with Gasteiger partial charge in [0.2, 0.25) is 16.0 Å². The van der Waals surface area contributed by atoms with Gasteiger partial charge in [0.15, 0.2) is 0 Å². The lowest BCUT2D eigenvalue weighted by Gasteiger charge is -2.34. The van der Waals surface area contributed by atoms with E-state index >= 15 is 0 Å². The predicted octanol–water partition coefficient (Wildman–Crippen LogP) is 3.37. The first kappa shape index (κ1) is 23.0. The summed E-state index contributed by atoms with van der Waals surface area (Å²) in [7, 11) is -2.17. The topological polar surface area (TPSA) is 84.9 Å². The van der Waals surface area contributed by atoms with E-state index in [1.165, 1.54) is 11.4 Å². The minimum atomic E-state index is -3.66. The molecule has 0 saturated carbocycles. The Labute approximate surface area is 194 Å². The number of hydrogen-bond acceptors (Lipinski definition) is 7. The smallest absolute Gasteiger partial charge is 0.246 e. The summed E-state index contributed by atoms with van der Waals surface area (Å²) in [6.45, 7) is 6.16. The van der Waals surface area contributed by atoms with Crippen LogP contribution in [0.25, 0.3) is 11.3 Å². The summed E-state index contributed by atoms with van der Waals surface area (Å²) in [5, 5.41) is 0. The van der Waals surface area contributed by atoms with Gasteiger partial charge in [-0.15, -0.1) is 0 Å². The molecule has 174 valence electrons. The number of sulfonamides is 1. The van der Waals surface area contributed by atoms with Crippen LogP contribution in [0.1, 0.15) is 12.5 Å². The molecule has 33 heavy (non-hydrogen) atoms. The second kappa shape index (κ2) is 9.76. The Hall–Kier alpha value is -3.17. The first-order valence-electron chi connectivity index (χ1n) is 10.9. The molecule has 1 aliphatic heterocycles. The summed E-state index contributed by atoms with van der Waals surface area (Å²) >= 11 is 0. The maximum Gasteiger partial charge on any atom is 0.246 e. The Morgan fingerprint density at radius 3 is 2.39 bits per heavy atom. The minimum absolute atomic E-state index is 0.192. The molecule has 0 unspecified atom stereocenters. The van der Waals surface area contributed by atoms with E-state index in [9.17, 15) is 8.42 Å². The highest BCUT2D eigenvalue weighted by molar-refractivity contribution is 7.89. The van der Waals surface area contributed by atoms with E-state index in [0.29, 0.717) is 44.5 Å². The number of piperazine rings is 1. The number of aryl methyl sites for hydroxylation is 1. The van der Waals surface area contributed by atoms with Gasteiger partial charge in [-0.1, -0.05) is 6.07 Å². The van der Waals surface area contributed by atoms with Crippen molar-refractivity contribution in [1.29, 1.82) is 0 Å². The van der Waals surface area contributed by atoms with E-state index in [0.717, 1.165) is 22.6 Å². The van der Waals surface area contributed by atoms with Gasteiger partial charge in [-0.25, -0.2) is 18.4 Å². The number of rotatable bonds is 7. The highest BCUT2D eigenvalue weighted by Crippen LogP contribution is 2.29. The van der Waals surface area contributed by atoms with E-state index in [1.807, 2.05) is 49.1 Å². The predicted molar refractivity (Wildman–Crippen MR) is 127 cm³/mol. The summed E-state index contributed by atoms with van der Waals surface area (Å²) in [5.41, 5.74) is 2.72. The van der Waals surface area contributed by atoms with Crippen LogP contribution in [-0.4, -0.2) is 62.6 Å². The maximum atomic E-state index is 13.2. The monoisotopic (exact) mass is 468 g/mol. The summed E-state index contributed by atoms with van der Waals surface area (Å²) in [4.78, 5) is 11.3. The zero-order chi connectivity index (χ0) is 23.4. The largest absolute Gasteiger partial charge is 0.495 e. The van der Waals surface area contributed by atoms with Crippen molar-refractivity contribution >= 4 is 16.0 Å². The molecule has 0 bridgehead atoms. The first-order chi connectivity index (χ1) is 15.9. The van der Waals surface area contributed by atoms with Gasteiger partial charge >= 0.3 is 0 Å². The fourth-order valence-corrected chi connectivity index (χ4v) is 5.36. The summed E-state index contributed by atoms with van der Waals surface area (Å²) < 4.78 is 38.8. The van der Waals surface area contributed by atoms with Gasteiger partial charge in [0, 0.05) is 37.9 Å². The van der Waals surface area contributed by atoms with Crippen molar-refractivity contribution in [3.05, 3.63) is 60.3 Å². The van der Waals surface area contributed by atoms with Crippen LogP contribution in [0.3, 0.4) is 0 Å². The highest BCUT2D eigenvalue weighted by atomic mass is 32.2. The molecule has 0 N–H and O–H groups in total. The molecule has 2 aromatic carbocycles. The third-order valence-corrected chi connectivity index (χ3v) is 7.50. The van der Waals surface area contributed by atoms with Crippen molar-refractivity contribution in [2.75, 3.05) is 44.8 Å². The van der Waals surface area contributed by atoms with Crippen LogP contribution in [0.15, 0.2) is 59.6 Å². The molecule has 1 fully saturated rings. The molecule has 0 atom stereocenters. The number of ether oxygens (including phenoxy) is 2. The van der Waals surface area contributed by atoms with Gasteiger partial charge in [-0.3, -0.25) is 0 Å². The van der Waals surface area contributed by atoms with Crippen LogP contribution < -0.4 is 14.4 Å². The van der Waals surface area contributed by atoms with Crippen LogP contribution in [0.4, 0.5) is 5.95 Å². The number of anilines is 1. The molecule has 0 spiro atoms. The van der Waals surface area contributed by atoms with Crippen LogP contribution in [0.5, 0.6) is 11.5 Å². The van der Waals surface area contributed by atoms with Gasteiger partial charge in [0.25, 0.3) is 0 Å². The minimum Gasteiger partial charge on any atom is -0.495 e. The molecule has 3 aromatic rings. The van der Waals surface area contributed by atoms with E-state index < -0.39 is 10.0 Å². The molecule has 1 aromatic heterocycles. The SMILES string of the molecule is CCOc1ccc(-c2ccnc(N3CCN(S(=O)(=O)c4ccc(C)cc4OC)CC3)n2)cc1. The van der Waals surface area contributed by atoms with Gasteiger partial charge in [-0.2, -0.15) is 4.31 Å². The molecule has 8 nitrogen and oxygen atoms in total. The number of hydrogen-bond donors (Lipinski definition) is 0. The molecule has 0 amide bonds.